The number of carbonyl (C=O) groups is 2. The molecule has 1 aromatic carbocycles. The van der Waals surface area contributed by atoms with Crippen LogP contribution in [0, 0.1) is 5.92 Å². The largest absolute Gasteiger partial charge is 0.356 e. The maximum absolute atomic E-state index is 12.5. The van der Waals surface area contributed by atoms with E-state index in [1.165, 1.54) is 4.68 Å². The average molecular weight is 430 g/mol. The number of nitrogens with zero attached hydrogens (tertiary/aromatic N) is 4. The van der Waals surface area contributed by atoms with Gasteiger partial charge < -0.3 is 10.2 Å². The van der Waals surface area contributed by atoms with Gasteiger partial charge in [0.15, 0.2) is 0 Å². The highest BCUT2D eigenvalue weighted by atomic mass is 32.2. The number of aryl methyl sites for hydroxylation is 2. The van der Waals surface area contributed by atoms with E-state index in [-0.39, 0.29) is 29.8 Å². The van der Waals surface area contributed by atoms with Crippen molar-refractivity contribution < 1.29 is 9.59 Å². The Kier molecular flexibility index (Phi) is 6.26. The number of aromatic nitrogens is 3. The summed E-state index contributed by atoms with van der Waals surface area (Å²) in [4.78, 5) is 40.1. The van der Waals surface area contributed by atoms with Gasteiger partial charge in [-0.1, -0.05) is 0 Å². The second-order valence-corrected chi connectivity index (χ2v) is 8.66. The maximum Gasteiger partial charge on any atom is 0.345 e. The van der Waals surface area contributed by atoms with Gasteiger partial charge in [0.1, 0.15) is 5.82 Å². The lowest BCUT2D eigenvalue weighted by Gasteiger charge is -2.17. The van der Waals surface area contributed by atoms with Gasteiger partial charge in [-0.3, -0.25) is 14.2 Å². The van der Waals surface area contributed by atoms with Crippen LogP contribution in [-0.2, 0) is 29.1 Å². The second-order valence-electron chi connectivity index (χ2n) is 7.78. The van der Waals surface area contributed by atoms with Crippen LogP contribution in [0.4, 0.5) is 5.69 Å². The van der Waals surface area contributed by atoms with Gasteiger partial charge in [0.05, 0.1) is 5.92 Å². The Morgan fingerprint density at radius 1 is 1.23 bits per heavy atom. The fraction of sp³-hybridized carbons (Fsp3) is 0.524. The zero-order chi connectivity index (χ0) is 21.1. The van der Waals surface area contributed by atoms with Crippen molar-refractivity contribution in [2.24, 2.45) is 5.92 Å². The van der Waals surface area contributed by atoms with Crippen LogP contribution in [0.5, 0.6) is 0 Å². The smallest absolute Gasteiger partial charge is 0.345 e. The lowest BCUT2D eigenvalue weighted by molar-refractivity contribution is -0.126. The predicted molar refractivity (Wildman–Crippen MR) is 116 cm³/mol. The van der Waals surface area contributed by atoms with E-state index in [0.29, 0.717) is 26.1 Å². The lowest BCUT2D eigenvalue weighted by atomic mass is 10.1. The van der Waals surface area contributed by atoms with Crippen LogP contribution in [0.25, 0.3) is 0 Å². The van der Waals surface area contributed by atoms with Gasteiger partial charge in [-0.2, -0.15) is 5.10 Å². The molecule has 0 radical (unpaired) electrons. The summed E-state index contributed by atoms with van der Waals surface area (Å²) >= 11 is 1.65. The van der Waals surface area contributed by atoms with Crippen LogP contribution in [0.1, 0.15) is 31.5 Å². The number of rotatable bonds is 7. The van der Waals surface area contributed by atoms with Crippen molar-refractivity contribution in [2.75, 3.05) is 24.2 Å². The molecular weight excluding hydrogens is 402 g/mol. The van der Waals surface area contributed by atoms with Gasteiger partial charge in [-0.15, -0.1) is 11.8 Å². The Labute approximate surface area is 179 Å². The first-order valence-corrected chi connectivity index (χ1v) is 11.7. The van der Waals surface area contributed by atoms with Gasteiger partial charge in [-0.25, -0.2) is 9.48 Å². The van der Waals surface area contributed by atoms with Crippen molar-refractivity contribution in [3.8, 4) is 0 Å². The SMILES string of the molecule is CSc1ccc(N2CC(C(=O)NCCCn3nc4n(c3=O)CCCC4)CC2=O)cc1. The molecular formula is C21H27N5O3S. The summed E-state index contributed by atoms with van der Waals surface area (Å²) in [6, 6.07) is 7.81. The molecule has 2 amide bonds. The predicted octanol–water partition coefficient (Wildman–Crippen LogP) is 1.66. The number of hydrogen-bond donors (Lipinski definition) is 1. The number of thioether (sulfide) groups is 1. The van der Waals surface area contributed by atoms with Crippen molar-refractivity contribution in [3.05, 3.63) is 40.6 Å². The number of benzene rings is 1. The third-order valence-corrected chi connectivity index (χ3v) is 6.50. The van der Waals surface area contributed by atoms with E-state index in [4.69, 9.17) is 0 Å². The molecule has 1 unspecified atom stereocenters. The van der Waals surface area contributed by atoms with Crippen LogP contribution in [0.15, 0.2) is 34.0 Å². The fourth-order valence-electron chi connectivity index (χ4n) is 4.07. The molecule has 30 heavy (non-hydrogen) atoms. The summed E-state index contributed by atoms with van der Waals surface area (Å²) in [5.74, 6) is 0.385. The number of hydrogen-bond acceptors (Lipinski definition) is 5. The first-order chi connectivity index (χ1) is 14.6. The molecule has 2 aromatic rings. The van der Waals surface area contributed by atoms with Crippen molar-refractivity contribution in [1.82, 2.24) is 19.7 Å². The Balaban J connectivity index is 1.26. The highest BCUT2D eigenvalue weighted by Crippen LogP contribution is 2.27. The number of nitrogens with one attached hydrogen (secondary N) is 1. The Bertz CT molecular complexity index is 982. The topological polar surface area (TPSA) is 89.2 Å². The monoisotopic (exact) mass is 429 g/mol. The molecule has 0 aliphatic carbocycles. The van der Waals surface area contributed by atoms with E-state index in [9.17, 15) is 14.4 Å². The van der Waals surface area contributed by atoms with E-state index in [2.05, 4.69) is 10.4 Å². The molecule has 1 fully saturated rings. The summed E-state index contributed by atoms with van der Waals surface area (Å²) in [5, 5.41) is 7.33. The lowest BCUT2D eigenvalue weighted by Crippen LogP contribution is -2.34. The van der Waals surface area contributed by atoms with E-state index >= 15 is 0 Å². The Morgan fingerprint density at radius 2 is 2.03 bits per heavy atom. The molecule has 2 aliphatic heterocycles. The van der Waals surface area contributed by atoms with E-state index in [1.54, 1.807) is 21.2 Å². The quantitative estimate of drug-likeness (QED) is 0.534. The van der Waals surface area contributed by atoms with Crippen molar-refractivity contribution >= 4 is 29.3 Å². The number of amides is 2. The summed E-state index contributed by atoms with van der Waals surface area (Å²) in [7, 11) is 0. The zero-order valence-electron chi connectivity index (χ0n) is 17.2. The van der Waals surface area contributed by atoms with Crippen LogP contribution >= 0.6 is 11.8 Å². The van der Waals surface area contributed by atoms with Gasteiger partial charge >= 0.3 is 5.69 Å². The molecule has 1 atom stereocenters. The third-order valence-electron chi connectivity index (χ3n) is 5.76. The average Bonchev–Trinajstić information content (AvgIpc) is 3.31. The van der Waals surface area contributed by atoms with Gasteiger partial charge in [0.25, 0.3) is 0 Å². The summed E-state index contributed by atoms with van der Waals surface area (Å²) in [6.07, 6.45) is 5.81. The minimum Gasteiger partial charge on any atom is -0.356 e. The highest BCUT2D eigenvalue weighted by Gasteiger charge is 2.34. The van der Waals surface area contributed by atoms with Crippen LogP contribution in [0.3, 0.4) is 0 Å². The first-order valence-electron chi connectivity index (χ1n) is 10.5. The van der Waals surface area contributed by atoms with E-state index in [1.807, 2.05) is 30.5 Å². The molecule has 1 aromatic heterocycles. The number of anilines is 1. The van der Waals surface area contributed by atoms with Gasteiger partial charge in [-0.05, 0) is 49.8 Å². The molecule has 9 heteroatoms. The highest BCUT2D eigenvalue weighted by molar-refractivity contribution is 7.98. The standard InChI is InChI=1S/C21H27N5O3S/c1-30-17-8-6-16(7-9-17)25-14-15(13-19(25)27)20(28)22-10-4-12-26-21(29)24-11-3-2-5-18(24)23-26/h6-9,15H,2-5,10-14H2,1H3,(H,22,28). The Morgan fingerprint density at radius 3 is 2.77 bits per heavy atom. The molecule has 1 saturated heterocycles. The molecule has 4 rings (SSSR count). The van der Waals surface area contributed by atoms with E-state index in [0.717, 1.165) is 42.2 Å². The van der Waals surface area contributed by atoms with Gasteiger partial charge in [0.2, 0.25) is 11.8 Å². The number of fused-ring (bicyclic) bond motifs is 1. The maximum atomic E-state index is 12.5. The summed E-state index contributed by atoms with van der Waals surface area (Å²) in [6.45, 7) is 2.09. The normalized spacial score (nSPS) is 18.5. The molecule has 1 N–H and O–H groups in total. The molecule has 3 heterocycles. The second kappa shape index (κ2) is 9.07. The van der Waals surface area contributed by atoms with Crippen molar-refractivity contribution in [1.29, 1.82) is 0 Å². The first kappa shape index (κ1) is 20.7. The van der Waals surface area contributed by atoms with Crippen molar-refractivity contribution in [2.45, 2.75) is 50.1 Å². The van der Waals surface area contributed by atoms with Crippen LogP contribution in [0.2, 0.25) is 0 Å². The summed E-state index contributed by atoms with van der Waals surface area (Å²) < 4.78 is 3.26. The molecule has 0 spiro atoms. The van der Waals surface area contributed by atoms with Gasteiger partial charge in [0, 0.05) is 49.6 Å². The summed E-state index contributed by atoms with van der Waals surface area (Å²) in [5.41, 5.74) is 0.775. The van der Waals surface area contributed by atoms with Crippen LogP contribution < -0.4 is 15.9 Å². The Hall–Kier alpha value is -2.55. The molecule has 8 nitrogen and oxygen atoms in total. The minimum atomic E-state index is -0.347. The van der Waals surface area contributed by atoms with E-state index < -0.39 is 0 Å². The third kappa shape index (κ3) is 4.30. The van der Waals surface area contributed by atoms with Crippen LogP contribution in [-0.4, -0.2) is 45.5 Å². The molecule has 0 bridgehead atoms. The fourth-order valence-corrected chi connectivity index (χ4v) is 4.48. The minimum absolute atomic E-state index is 0.0257. The molecule has 2 aliphatic rings. The number of carbonyl (C=O) groups excluding carboxylic acids is 2. The zero-order valence-corrected chi connectivity index (χ0v) is 18.0. The molecule has 0 saturated carbocycles. The molecule has 160 valence electrons. The van der Waals surface area contributed by atoms with Crippen molar-refractivity contribution in [3.63, 3.8) is 0 Å².